The largest absolute Gasteiger partial charge is 0.398 e. The Balaban J connectivity index is 1.96. The number of benzene rings is 1. The van der Waals surface area contributed by atoms with Gasteiger partial charge in [0.05, 0.1) is 5.69 Å². The maximum Gasteiger partial charge on any atom is 0.245 e. The second-order valence-corrected chi connectivity index (χ2v) is 8.83. The van der Waals surface area contributed by atoms with E-state index in [1.165, 1.54) is 6.42 Å². The van der Waals surface area contributed by atoms with Crippen molar-refractivity contribution in [3.05, 3.63) is 22.7 Å². The smallest absolute Gasteiger partial charge is 0.245 e. The first-order chi connectivity index (χ1) is 10.00. The molecule has 2 atom stereocenters. The number of nitrogen functional groups attached to an aromatic ring is 1. The zero-order valence-electron chi connectivity index (χ0n) is 12.0. The lowest BCUT2D eigenvalue weighted by molar-refractivity contribution is 0.129. The summed E-state index contributed by atoms with van der Waals surface area (Å²) in [4.78, 5) is 0.247. The topological polar surface area (TPSA) is 63.4 Å². The lowest BCUT2D eigenvalue weighted by Gasteiger charge is -2.43. The van der Waals surface area contributed by atoms with Gasteiger partial charge in [-0.2, -0.15) is 4.31 Å². The average molecular weight is 373 g/mol. The van der Waals surface area contributed by atoms with Crippen LogP contribution in [-0.2, 0) is 10.0 Å². The molecule has 3 rings (SSSR count). The van der Waals surface area contributed by atoms with Crippen LogP contribution in [0.2, 0.25) is 0 Å². The van der Waals surface area contributed by atoms with Crippen molar-refractivity contribution in [3.8, 4) is 0 Å². The highest BCUT2D eigenvalue weighted by Crippen LogP contribution is 2.39. The van der Waals surface area contributed by atoms with E-state index in [0.29, 0.717) is 18.2 Å². The van der Waals surface area contributed by atoms with Crippen LogP contribution in [0.15, 0.2) is 27.6 Å². The third-order valence-electron chi connectivity index (χ3n) is 4.75. The Kier molecular flexibility index (Phi) is 4.30. The van der Waals surface area contributed by atoms with Crippen molar-refractivity contribution in [3.63, 3.8) is 0 Å². The van der Waals surface area contributed by atoms with Crippen LogP contribution in [0.5, 0.6) is 0 Å². The fourth-order valence-electron chi connectivity index (χ4n) is 3.76. The molecular weight excluding hydrogens is 352 g/mol. The lowest BCUT2D eigenvalue weighted by Crippen LogP contribution is -2.49. The molecule has 2 fully saturated rings. The average Bonchev–Trinajstić information content (AvgIpc) is 2.46. The molecule has 0 amide bonds. The van der Waals surface area contributed by atoms with Gasteiger partial charge in [-0.1, -0.05) is 28.8 Å². The van der Waals surface area contributed by atoms with E-state index in [0.717, 1.165) is 36.6 Å². The van der Waals surface area contributed by atoms with Gasteiger partial charge < -0.3 is 5.73 Å². The fraction of sp³-hybridized carbons (Fsp3) is 0.600. The molecule has 1 aromatic carbocycles. The monoisotopic (exact) mass is 372 g/mol. The maximum absolute atomic E-state index is 13.0. The van der Waals surface area contributed by atoms with E-state index < -0.39 is 10.0 Å². The van der Waals surface area contributed by atoms with Crippen molar-refractivity contribution in [2.75, 3.05) is 12.3 Å². The third kappa shape index (κ3) is 2.85. The summed E-state index contributed by atoms with van der Waals surface area (Å²) in [6.07, 6.45) is 6.62. The molecule has 21 heavy (non-hydrogen) atoms. The lowest BCUT2D eigenvalue weighted by atomic mass is 9.79. The van der Waals surface area contributed by atoms with Crippen molar-refractivity contribution in [1.82, 2.24) is 4.31 Å². The van der Waals surface area contributed by atoms with Crippen LogP contribution in [0, 0.1) is 5.92 Å². The van der Waals surface area contributed by atoms with Gasteiger partial charge in [0.25, 0.3) is 0 Å². The SMILES string of the molecule is Nc1cc(Br)ccc1S(=O)(=O)N1CCCC2CCCCC21. The Morgan fingerprint density at radius 2 is 1.86 bits per heavy atom. The summed E-state index contributed by atoms with van der Waals surface area (Å²) in [5.74, 6) is 0.527. The highest BCUT2D eigenvalue weighted by Gasteiger charge is 2.40. The Bertz CT molecular complexity index is 631. The van der Waals surface area contributed by atoms with Gasteiger partial charge in [0.2, 0.25) is 10.0 Å². The molecule has 1 aliphatic carbocycles. The second kappa shape index (κ2) is 5.89. The van der Waals surface area contributed by atoms with Crippen LogP contribution in [0.4, 0.5) is 5.69 Å². The third-order valence-corrected chi connectivity index (χ3v) is 7.24. The molecule has 4 nitrogen and oxygen atoms in total. The summed E-state index contributed by atoms with van der Waals surface area (Å²) in [6.45, 7) is 0.624. The van der Waals surface area contributed by atoms with Crippen LogP contribution in [0.3, 0.4) is 0 Å². The molecule has 1 aromatic rings. The number of anilines is 1. The first-order valence-corrected chi connectivity index (χ1v) is 9.80. The van der Waals surface area contributed by atoms with Gasteiger partial charge in [0, 0.05) is 17.1 Å². The normalized spacial score (nSPS) is 27.3. The van der Waals surface area contributed by atoms with Crippen molar-refractivity contribution >= 4 is 31.6 Å². The Hall–Kier alpha value is -0.590. The quantitative estimate of drug-likeness (QED) is 0.809. The summed E-state index contributed by atoms with van der Waals surface area (Å²) in [6, 6.07) is 5.18. The van der Waals surface area contributed by atoms with Crippen molar-refractivity contribution in [2.45, 2.75) is 49.5 Å². The predicted octanol–water partition coefficient (Wildman–Crippen LogP) is 3.37. The van der Waals surface area contributed by atoms with E-state index in [9.17, 15) is 8.42 Å². The number of hydrogen-bond donors (Lipinski definition) is 1. The molecule has 1 aliphatic heterocycles. The fourth-order valence-corrected chi connectivity index (χ4v) is 5.99. The van der Waals surface area contributed by atoms with Crippen LogP contribution in [0.1, 0.15) is 38.5 Å². The minimum absolute atomic E-state index is 0.167. The van der Waals surface area contributed by atoms with Gasteiger partial charge in [-0.25, -0.2) is 8.42 Å². The number of nitrogens with zero attached hydrogens (tertiary/aromatic N) is 1. The van der Waals surface area contributed by atoms with E-state index in [1.54, 1.807) is 22.5 Å². The highest BCUT2D eigenvalue weighted by molar-refractivity contribution is 9.10. The van der Waals surface area contributed by atoms with Gasteiger partial charge in [-0.3, -0.25) is 0 Å². The molecule has 1 heterocycles. The van der Waals surface area contributed by atoms with E-state index >= 15 is 0 Å². The van der Waals surface area contributed by atoms with Crippen LogP contribution in [0.25, 0.3) is 0 Å². The molecule has 116 valence electrons. The number of halogens is 1. The van der Waals surface area contributed by atoms with E-state index in [-0.39, 0.29) is 10.9 Å². The Labute approximate surface area is 134 Å². The van der Waals surface area contributed by atoms with Crippen LogP contribution < -0.4 is 5.73 Å². The molecule has 2 N–H and O–H groups in total. The molecule has 1 saturated heterocycles. The minimum Gasteiger partial charge on any atom is -0.398 e. The predicted molar refractivity (Wildman–Crippen MR) is 87.4 cm³/mol. The molecule has 0 bridgehead atoms. The molecule has 1 saturated carbocycles. The molecule has 2 unspecified atom stereocenters. The number of piperidine rings is 1. The maximum atomic E-state index is 13.0. The Morgan fingerprint density at radius 3 is 2.62 bits per heavy atom. The summed E-state index contributed by atoms with van der Waals surface area (Å²) in [5.41, 5.74) is 6.27. The van der Waals surface area contributed by atoms with Crippen molar-refractivity contribution in [2.24, 2.45) is 5.92 Å². The second-order valence-electron chi connectivity index (χ2n) is 6.05. The first kappa shape index (κ1) is 15.3. The summed E-state index contributed by atoms with van der Waals surface area (Å²) >= 11 is 3.33. The zero-order valence-corrected chi connectivity index (χ0v) is 14.4. The summed E-state index contributed by atoms with van der Waals surface area (Å²) in [5, 5.41) is 0. The van der Waals surface area contributed by atoms with E-state index in [4.69, 9.17) is 5.73 Å². The van der Waals surface area contributed by atoms with E-state index in [2.05, 4.69) is 15.9 Å². The van der Waals surface area contributed by atoms with Crippen LogP contribution in [-0.4, -0.2) is 25.3 Å². The molecule has 0 spiro atoms. The first-order valence-electron chi connectivity index (χ1n) is 7.57. The standard InChI is InChI=1S/C15H21BrN2O2S/c16-12-7-8-15(13(17)10-12)21(19,20)18-9-3-5-11-4-1-2-6-14(11)18/h7-8,10-11,14H,1-6,9,17H2. The number of nitrogens with two attached hydrogens (primary N) is 1. The zero-order chi connectivity index (χ0) is 15.0. The summed E-state index contributed by atoms with van der Waals surface area (Å²) in [7, 11) is -3.49. The van der Waals surface area contributed by atoms with Crippen LogP contribution >= 0.6 is 15.9 Å². The van der Waals surface area contributed by atoms with Gasteiger partial charge in [0.15, 0.2) is 0 Å². The Morgan fingerprint density at radius 1 is 1.14 bits per heavy atom. The van der Waals surface area contributed by atoms with Gasteiger partial charge in [0.1, 0.15) is 4.90 Å². The highest BCUT2D eigenvalue weighted by atomic mass is 79.9. The van der Waals surface area contributed by atoms with Gasteiger partial charge >= 0.3 is 0 Å². The molecular formula is C15H21BrN2O2S. The van der Waals surface area contributed by atoms with Crippen molar-refractivity contribution in [1.29, 1.82) is 0 Å². The molecule has 0 aromatic heterocycles. The number of hydrogen-bond acceptors (Lipinski definition) is 3. The van der Waals surface area contributed by atoms with Gasteiger partial charge in [-0.15, -0.1) is 0 Å². The number of sulfonamides is 1. The number of rotatable bonds is 2. The van der Waals surface area contributed by atoms with Gasteiger partial charge in [-0.05, 0) is 49.8 Å². The van der Waals surface area contributed by atoms with Crippen molar-refractivity contribution < 1.29 is 8.42 Å². The molecule has 0 radical (unpaired) electrons. The van der Waals surface area contributed by atoms with E-state index in [1.807, 2.05) is 0 Å². The molecule has 2 aliphatic rings. The minimum atomic E-state index is -3.49. The number of fused-ring (bicyclic) bond motifs is 1. The summed E-state index contributed by atoms with van der Waals surface area (Å²) < 4.78 is 28.5. The molecule has 6 heteroatoms.